The number of carboxylic acids is 1. The normalized spacial score (nSPS) is 11.9. The second kappa shape index (κ2) is 7.84. The maximum atomic E-state index is 13.3. The minimum absolute atomic E-state index is 0.0498. The van der Waals surface area contributed by atoms with E-state index in [-0.39, 0.29) is 29.6 Å². The Morgan fingerprint density at radius 2 is 1.90 bits per heavy atom. The van der Waals surface area contributed by atoms with E-state index in [4.69, 9.17) is 9.15 Å². The fraction of sp³-hybridized carbons (Fsp3) is 0.250. The smallest absolute Gasteiger partial charge is 0.340 e. The molecule has 3 aromatic rings. The van der Waals surface area contributed by atoms with Crippen molar-refractivity contribution in [2.45, 2.75) is 26.5 Å². The van der Waals surface area contributed by atoms with Crippen molar-refractivity contribution in [3.05, 3.63) is 53.3 Å². The molecule has 29 heavy (non-hydrogen) atoms. The summed E-state index contributed by atoms with van der Waals surface area (Å²) in [5.41, 5.74) is 1.07. The van der Waals surface area contributed by atoms with Gasteiger partial charge in [0.1, 0.15) is 28.5 Å². The molecule has 0 saturated heterocycles. The van der Waals surface area contributed by atoms with E-state index < -0.39 is 21.8 Å². The van der Waals surface area contributed by atoms with Crippen LogP contribution in [0.15, 0.2) is 40.8 Å². The lowest BCUT2D eigenvalue weighted by Crippen LogP contribution is -2.22. The van der Waals surface area contributed by atoms with Crippen molar-refractivity contribution in [1.29, 1.82) is 0 Å². The third-order valence-corrected chi connectivity index (χ3v) is 4.75. The van der Waals surface area contributed by atoms with Crippen LogP contribution < -0.4 is 9.46 Å². The summed E-state index contributed by atoms with van der Waals surface area (Å²) in [4.78, 5) is 11.9. The van der Waals surface area contributed by atoms with Gasteiger partial charge >= 0.3 is 5.97 Å². The number of carbonyl (C=O) groups is 1. The number of furan rings is 1. The van der Waals surface area contributed by atoms with Crippen molar-refractivity contribution in [3.8, 4) is 17.1 Å². The number of fused-ring (bicyclic) bond motifs is 1. The Balaban J connectivity index is 2.21. The third-order valence-electron chi connectivity index (χ3n) is 4.08. The third kappa shape index (κ3) is 4.75. The fourth-order valence-electron chi connectivity index (χ4n) is 2.89. The largest absolute Gasteiger partial charge is 0.491 e. The number of nitrogens with one attached hydrogen (secondary N) is 1. The summed E-state index contributed by atoms with van der Waals surface area (Å²) in [6, 6.07) is 8.35. The van der Waals surface area contributed by atoms with Gasteiger partial charge in [-0.25, -0.2) is 22.3 Å². The van der Waals surface area contributed by atoms with Gasteiger partial charge in [0.15, 0.2) is 0 Å². The van der Waals surface area contributed by atoms with Gasteiger partial charge in [0.2, 0.25) is 10.0 Å². The van der Waals surface area contributed by atoms with Gasteiger partial charge in [0.05, 0.1) is 12.4 Å². The molecule has 0 unspecified atom stereocenters. The lowest BCUT2D eigenvalue weighted by Gasteiger charge is -2.14. The van der Waals surface area contributed by atoms with Gasteiger partial charge in [-0.2, -0.15) is 0 Å². The summed E-state index contributed by atoms with van der Waals surface area (Å²) in [6.07, 6.45) is 0.817. The van der Waals surface area contributed by atoms with E-state index in [0.29, 0.717) is 22.3 Å². The van der Waals surface area contributed by atoms with Crippen molar-refractivity contribution in [2.24, 2.45) is 0 Å². The van der Waals surface area contributed by atoms with E-state index in [1.807, 2.05) is 0 Å². The fourth-order valence-corrected chi connectivity index (χ4v) is 3.31. The average molecular weight is 421 g/mol. The van der Waals surface area contributed by atoms with Crippen LogP contribution >= 0.6 is 0 Å². The molecule has 2 N–H and O–H groups in total. The summed E-state index contributed by atoms with van der Waals surface area (Å²) in [5, 5.41) is 10.1. The number of ether oxygens (including phenoxy) is 1. The molecule has 0 bridgehead atoms. The van der Waals surface area contributed by atoms with Crippen LogP contribution in [0.1, 0.15) is 29.8 Å². The summed E-state index contributed by atoms with van der Waals surface area (Å²) in [6.45, 7) is 3.55. The quantitative estimate of drug-likeness (QED) is 0.602. The van der Waals surface area contributed by atoms with E-state index in [0.717, 1.165) is 6.26 Å². The minimum Gasteiger partial charge on any atom is -0.491 e. The summed E-state index contributed by atoms with van der Waals surface area (Å²) in [5.74, 6) is -1.24. The lowest BCUT2D eigenvalue weighted by atomic mass is 10.0. The number of sulfonamides is 1. The molecule has 154 valence electrons. The molecule has 2 aromatic carbocycles. The predicted octanol–water partition coefficient (Wildman–Crippen LogP) is 3.77. The number of aromatic carboxylic acids is 1. The highest BCUT2D eigenvalue weighted by atomic mass is 32.2. The van der Waals surface area contributed by atoms with Gasteiger partial charge in [0.25, 0.3) is 0 Å². The Hall–Kier alpha value is -2.91. The van der Waals surface area contributed by atoms with Crippen LogP contribution in [0.4, 0.5) is 4.39 Å². The first-order valence-corrected chi connectivity index (χ1v) is 10.6. The number of hydrogen-bond acceptors (Lipinski definition) is 5. The maximum Gasteiger partial charge on any atom is 0.340 e. The van der Waals surface area contributed by atoms with Crippen LogP contribution in [0.2, 0.25) is 0 Å². The summed E-state index contributed by atoms with van der Waals surface area (Å²) < 4.78 is 50.2. The number of rotatable bonds is 7. The molecule has 0 aliphatic rings. The lowest BCUT2D eigenvalue weighted by molar-refractivity contribution is 0.0699. The monoisotopic (exact) mass is 421 g/mol. The number of benzene rings is 2. The van der Waals surface area contributed by atoms with Crippen molar-refractivity contribution in [3.63, 3.8) is 0 Å². The second-order valence-corrected chi connectivity index (χ2v) is 8.67. The molecule has 0 aliphatic carbocycles. The maximum absolute atomic E-state index is 13.3. The number of halogens is 1. The van der Waals surface area contributed by atoms with Crippen molar-refractivity contribution < 1.29 is 31.9 Å². The van der Waals surface area contributed by atoms with Gasteiger partial charge in [-0.15, -0.1) is 0 Å². The highest BCUT2D eigenvalue weighted by Gasteiger charge is 2.24. The topological polar surface area (TPSA) is 106 Å². The first-order chi connectivity index (χ1) is 13.5. The molecular formula is C20H20FNO6S. The molecule has 0 spiro atoms. The van der Waals surface area contributed by atoms with E-state index in [1.54, 1.807) is 19.9 Å². The first kappa shape index (κ1) is 20.8. The van der Waals surface area contributed by atoms with Crippen LogP contribution in [0, 0.1) is 5.82 Å². The van der Waals surface area contributed by atoms with Gasteiger partial charge in [0, 0.05) is 23.1 Å². The summed E-state index contributed by atoms with van der Waals surface area (Å²) in [7, 11) is -3.45. The molecule has 0 radical (unpaired) electrons. The Labute approximate surface area is 167 Å². The van der Waals surface area contributed by atoms with Crippen LogP contribution in [0.25, 0.3) is 22.3 Å². The van der Waals surface area contributed by atoms with Crippen LogP contribution in [0.5, 0.6) is 5.75 Å². The SMILES string of the molecule is CC(C)Oc1cc2c(C(=O)O)c(-c3ccc(F)cc3)oc2cc1CNS(C)(=O)=O. The number of carboxylic acid groups (broad SMARTS) is 1. The van der Waals surface area contributed by atoms with E-state index in [9.17, 15) is 22.7 Å². The molecular weight excluding hydrogens is 401 g/mol. The van der Waals surface area contributed by atoms with Crippen LogP contribution in [0.3, 0.4) is 0 Å². The Morgan fingerprint density at radius 1 is 1.24 bits per heavy atom. The van der Waals surface area contributed by atoms with Crippen LogP contribution in [-0.2, 0) is 16.6 Å². The summed E-state index contributed by atoms with van der Waals surface area (Å²) >= 11 is 0. The highest BCUT2D eigenvalue weighted by molar-refractivity contribution is 7.88. The van der Waals surface area contributed by atoms with Crippen molar-refractivity contribution in [1.82, 2.24) is 4.72 Å². The molecule has 0 saturated carbocycles. The van der Waals surface area contributed by atoms with Crippen molar-refractivity contribution >= 4 is 27.0 Å². The molecule has 0 aliphatic heterocycles. The second-order valence-electron chi connectivity index (χ2n) is 6.83. The molecule has 3 rings (SSSR count). The molecule has 1 aromatic heterocycles. The van der Waals surface area contributed by atoms with E-state index in [1.165, 1.54) is 30.3 Å². The minimum atomic E-state index is -3.45. The zero-order chi connectivity index (χ0) is 21.3. The first-order valence-electron chi connectivity index (χ1n) is 8.75. The van der Waals surface area contributed by atoms with E-state index in [2.05, 4.69) is 4.72 Å². The Bertz CT molecular complexity index is 1170. The van der Waals surface area contributed by atoms with E-state index >= 15 is 0 Å². The molecule has 7 nitrogen and oxygen atoms in total. The Kier molecular flexibility index (Phi) is 5.63. The molecule has 0 atom stereocenters. The number of hydrogen-bond donors (Lipinski definition) is 2. The zero-order valence-corrected chi connectivity index (χ0v) is 16.8. The van der Waals surface area contributed by atoms with Gasteiger partial charge in [-0.1, -0.05) is 0 Å². The molecule has 9 heteroatoms. The zero-order valence-electron chi connectivity index (χ0n) is 16.0. The molecule has 1 heterocycles. The van der Waals surface area contributed by atoms with Gasteiger partial charge in [-0.05, 0) is 50.2 Å². The Morgan fingerprint density at radius 3 is 2.45 bits per heavy atom. The van der Waals surface area contributed by atoms with Gasteiger partial charge < -0.3 is 14.3 Å². The van der Waals surface area contributed by atoms with Crippen LogP contribution in [-0.4, -0.2) is 31.9 Å². The highest BCUT2D eigenvalue weighted by Crippen LogP contribution is 2.37. The average Bonchev–Trinajstić information content (AvgIpc) is 2.97. The molecule has 0 amide bonds. The standard InChI is InChI=1S/C20H20FNO6S/c1-11(2)27-16-9-15-17(8-13(16)10-22-29(3,25)26)28-19(18(15)20(23)24)12-4-6-14(21)7-5-12/h4-9,11,22H,10H2,1-3H3,(H,23,24). The van der Waals surface area contributed by atoms with Crippen molar-refractivity contribution in [2.75, 3.05) is 6.26 Å². The predicted molar refractivity (Wildman–Crippen MR) is 106 cm³/mol. The molecule has 0 fully saturated rings. The van der Waals surface area contributed by atoms with Gasteiger partial charge in [-0.3, -0.25) is 0 Å².